The molecule has 3 N–H and O–H groups in total. The Morgan fingerprint density at radius 1 is 1.55 bits per heavy atom. The van der Waals surface area contributed by atoms with Crippen molar-refractivity contribution in [3.05, 3.63) is 11.4 Å². The lowest BCUT2D eigenvalue weighted by Gasteiger charge is -2.31. The average molecular weight is 280 g/mol. The molecule has 1 aliphatic rings. The molecule has 2 heterocycles. The molecule has 1 fully saturated rings. The van der Waals surface area contributed by atoms with Crippen LogP contribution in [-0.4, -0.2) is 46.7 Å². The number of rotatable bonds is 3. The largest absolute Gasteiger partial charge is 0.466 e. The Morgan fingerprint density at radius 2 is 2.30 bits per heavy atom. The standard InChI is InChI=1S/C13H20N4O3/c1-3-20-13(19)9-5-4-6-17(7-9)12(18)11-10(14)8(2)15-16-11/h9H,3-7,14H2,1-2H3,(H,15,16). The van der Waals surface area contributed by atoms with Crippen molar-refractivity contribution < 1.29 is 14.3 Å². The molecule has 0 bridgehead atoms. The number of anilines is 1. The molecule has 0 saturated carbocycles. The highest BCUT2D eigenvalue weighted by Gasteiger charge is 2.31. The number of carbonyl (C=O) groups is 2. The maximum absolute atomic E-state index is 12.4. The monoisotopic (exact) mass is 280 g/mol. The third-order valence-electron chi connectivity index (χ3n) is 3.53. The van der Waals surface area contributed by atoms with Crippen LogP contribution < -0.4 is 5.73 Å². The van der Waals surface area contributed by atoms with Crippen molar-refractivity contribution in [1.29, 1.82) is 0 Å². The van der Waals surface area contributed by atoms with Crippen LogP contribution >= 0.6 is 0 Å². The van der Waals surface area contributed by atoms with Gasteiger partial charge in [0.15, 0.2) is 5.69 Å². The van der Waals surface area contributed by atoms with E-state index in [0.717, 1.165) is 12.8 Å². The van der Waals surface area contributed by atoms with Crippen LogP contribution in [0.4, 0.5) is 5.69 Å². The minimum Gasteiger partial charge on any atom is -0.466 e. The SMILES string of the molecule is CCOC(=O)C1CCCN(C(=O)c2n[nH]c(C)c2N)C1. The molecule has 1 atom stereocenters. The molecule has 1 aromatic rings. The van der Waals surface area contributed by atoms with E-state index in [0.29, 0.717) is 31.1 Å². The number of nitrogens with zero attached hydrogens (tertiary/aromatic N) is 2. The summed E-state index contributed by atoms with van der Waals surface area (Å²) in [5.41, 5.74) is 7.09. The Labute approximate surface area is 117 Å². The number of nitrogens with two attached hydrogens (primary N) is 1. The molecule has 0 aromatic carbocycles. The molecule has 110 valence electrons. The highest BCUT2D eigenvalue weighted by Crippen LogP contribution is 2.22. The number of aryl methyl sites for hydroxylation is 1. The molecule has 0 aliphatic carbocycles. The molecule has 2 rings (SSSR count). The van der Waals surface area contributed by atoms with Gasteiger partial charge in [0.2, 0.25) is 0 Å². The predicted octanol–water partition coefficient (Wildman–Crippen LogP) is 0.716. The van der Waals surface area contributed by atoms with Gasteiger partial charge in [0.05, 0.1) is 23.9 Å². The van der Waals surface area contributed by atoms with E-state index in [-0.39, 0.29) is 23.5 Å². The van der Waals surface area contributed by atoms with Gasteiger partial charge in [0, 0.05) is 13.1 Å². The van der Waals surface area contributed by atoms with Crippen molar-refractivity contribution in [3.8, 4) is 0 Å². The van der Waals surface area contributed by atoms with Crippen LogP contribution in [-0.2, 0) is 9.53 Å². The van der Waals surface area contributed by atoms with E-state index in [1.807, 2.05) is 0 Å². The summed E-state index contributed by atoms with van der Waals surface area (Å²) >= 11 is 0. The van der Waals surface area contributed by atoms with Crippen LogP contribution in [0.15, 0.2) is 0 Å². The molecular weight excluding hydrogens is 260 g/mol. The zero-order chi connectivity index (χ0) is 14.7. The molecule has 7 nitrogen and oxygen atoms in total. The number of aromatic amines is 1. The highest BCUT2D eigenvalue weighted by atomic mass is 16.5. The first-order valence-corrected chi connectivity index (χ1v) is 6.81. The van der Waals surface area contributed by atoms with Crippen molar-refractivity contribution in [1.82, 2.24) is 15.1 Å². The Bertz CT molecular complexity index is 512. The minimum absolute atomic E-state index is 0.229. The Hall–Kier alpha value is -2.05. The summed E-state index contributed by atoms with van der Waals surface area (Å²) in [6.45, 7) is 4.87. The van der Waals surface area contributed by atoms with Crippen molar-refractivity contribution in [2.24, 2.45) is 5.92 Å². The van der Waals surface area contributed by atoms with Crippen LogP contribution in [0.5, 0.6) is 0 Å². The number of nitrogens with one attached hydrogen (secondary N) is 1. The number of carbonyl (C=O) groups excluding carboxylic acids is 2. The van der Waals surface area contributed by atoms with E-state index in [4.69, 9.17) is 10.5 Å². The first-order chi connectivity index (χ1) is 9.54. The molecule has 1 aromatic heterocycles. The number of piperidine rings is 1. The number of H-pyrrole nitrogens is 1. The topological polar surface area (TPSA) is 101 Å². The maximum Gasteiger partial charge on any atom is 0.310 e. The highest BCUT2D eigenvalue weighted by molar-refractivity contribution is 5.97. The fourth-order valence-corrected chi connectivity index (χ4v) is 2.36. The van der Waals surface area contributed by atoms with Gasteiger partial charge in [-0.25, -0.2) is 0 Å². The third kappa shape index (κ3) is 2.76. The fraction of sp³-hybridized carbons (Fsp3) is 0.615. The first-order valence-electron chi connectivity index (χ1n) is 6.81. The second-order valence-electron chi connectivity index (χ2n) is 4.95. The van der Waals surface area contributed by atoms with Gasteiger partial charge < -0.3 is 15.4 Å². The van der Waals surface area contributed by atoms with Gasteiger partial charge in [-0.3, -0.25) is 14.7 Å². The molecule has 0 radical (unpaired) electrons. The van der Waals surface area contributed by atoms with E-state index in [1.165, 1.54) is 0 Å². The summed E-state index contributed by atoms with van der Waals surface area (Å²) in [5.74, 6) is -0.731. The van der Waals surface area contributed by atoms with Crippen LogP contribution in [0.1, 0.15) is 35.9 Å². The fourth-order valence-electron chi connectivity index (χ4n) is 2.36. The summed E-state index contributed by atoms with van der Waals surface area (Å²) in [7, 11) is 0. The number of nitrogen functional groups attached to an aromatic ring is 1. The lowest BCUT2D eigenvalue weighted by Crippen LogP contribution is -2.43. The van der Waals surface area contributed by atoms with Gasteiger partial charge in [0.1, 0.15) is 0 Å². The zero-order valence-electron chi connectivity index (χ0n) is 11.8. The van der Waals surface area contributed by atoms with Gasteiger partial charge in [0.25, 0.3) is 5.91 Å². The van der Waals surface area contributed by atoms with Crippen molar-refractivity contribution in [3.63, 3.8) is 0 Å². The summed E-state index contributed by atoms with van der Waals surface area (Å²) in [6.07, 6.45) is 1.52. The van der Waals surface area contributed by atoms with E-state index >= 15 is 0 Å². The number of aromatic nitrogens is 2. The molecule has 1 saturated heterocycles. The normalized spacial score (nSPS) is 18.9. The van der Waals surface area contributed by atoms with E-state index in [1.54, 1.807) is 18.7 Å². The van der Waals surface area contributed by atoms with E-state index in [9.17, 15) is 9.59 Å². The van der Waals surface area contributed by atoms with Crippen LogP contribution in [0, 0.1) is 12.8 Å². The lowest BCUT2D eigenvalue weighted by molar-refractivity contribution is -0.149. The second-order valence-corrected chi connectivity index (χ2v) is 4.95. The summed E-state index contributed by atoms with van der Waals surface area (Å²) in [6, 6.07) is 0. The van der Waals surface area contributed by atoms with E-state index in [2.05, 4.69) is 10.2 Å². The van der Waals surface area contributed by atoms with Gasteiger partial charge in [-0.1, -0.05) is 0 Å². The summed E-state index contributed by atoms with van der Waals surface area (Å²) in [4.78, 5) is 25.8. The minimum atomic E-state index is -0.256. The molecule has 1 aliphatic heterocycles. The van der Waals surface area contributed by atoms with Crippen LogP contribution in [0.3, 0.4) is 0 Å². The molecule has 0 spiro atoms. The molecular formula is C13H20N4O3. The summed E-state index contributed by atoms with van der Waals surface area (Å²) in [5, 5.41) is 6.64. The first kappa shape index (κ1) is 14.4. The van der Waals surface area contributed by atoms with Gasteiger partial charge in [-0.15, -0.1) is 0 Å². The number of likely N-dealkylation sites (tertiary alicyclic amines) is 1. The molecule has 7 heteroatoms. The number of esters is 1. The van der Waals surface area contributed by atoms with Gasteiger partial charge in [-0.05, 0) is 26.7 Å². The van der Waals surface area contributed by atoms with Crippen LogP contribution in [0.25, 0.3) is 0 Å². The van der Waals surface area contributed by atoms with Crippen molar-refractivity contribution in [2.45, 2.75) is 26.7 Å². The van der Waals surface area contributed by atoms with Gasteiger partial charge in [-0.2, -0.15) is 5.10 Å². The number of amides is 1. The predicted molar refractivity (Wildman–Crippen MR) is 73.0 cm³/mol. The third-order valence-corrected chi connectivity index (χ3v) is 3.53. The number of hydrogen-bond acceptors (Lipinski definition) is 5. The van der Waals surface area contributed by atoms with Gasteiger partial charge >= 0.3 is 5.97 Å². The maximum atomic E-state index is 12.4. The smallest absolute Gasteiger partial charge is 0.310 e. The van der Waals surface area contributed by atoms with Crippen LogP contribution in [0.2, 0.25) is 0 Å². The quantitative estimate of drug-likeness (QED) is 0.794. The Balaban J connectivity index is 2.07. The van der Waals surface area contributed by atoms with Crippen molar-refractivity contribution in [2.75, 3.05) is 25.4 Å². The Morgan fingerprint density at radius 3 is 2.90 bits per heavy atom. The van der Waals surface area contributed by atoms with E-state index < -0.39 is 0 Å². The molecule has 20 heavy (non-hydrogen) atoms. The number of hydrogen-bond donors (Lipinski definition) is 2. The average Bonchev–Trinajstić information content (AvgIpc) is 2.79. The molecule has 1 amide bonds. The Kier molecular flexibility index (Phi) is 4.26. The second kappa shape index (κ2) is 5.94. The summed E-state index contributed by atoms with van der Waals surface area (Å²) < 4.78 is 5.02. The van der Waals surface area contributed by atoms with Crippen molar-refractivity contribution >= 4 is 17.6 Å². The lowest BCUT2D eigenvalue weighted by atomic mass is 9.98. The number of ether oxygens (including phenoxy) is 1. The molecule has 1 unspecified atom stereocenters. The zero-order valence-corrected chi connectivity index (χ0v) is 11.8.